The van der Waals surface area contributed by atoms with Crippen molar-refractivity contribution in [3.05, 3.63) is 76.3 Å². The van der Waals surface area contributed by atoms with Crippen LogP contribution in [0, 0.1) is 6.92 Å². The lowest BCUT2D eigenvalue weighted by molar-refractivity contribution is -0.274. The number of hydrogen-bond acceptors (Lipinski definition) is 3. The van der Waals surface area contributed by atoms with Crippen LogP contribution in [0.25, 0.3) is 11.9 Å². The fourth-order valence-electron chi connectivity index (χ4n) is 2.47. The van der Waals surface area contributed by atoms with E-state index in [9.17, 15) is 17.6 Å². The minimum Gasteiger partial charge on any atom is -0.406 e. The fraction of sp³-hybridized carbons (Fsp3) is 0.158. The number of ether oxygens (including phenoxy) is 1. The second kappa shape index (κ2) is 8.02. The molecule has 3 aromatic rings. The van der Waals surface area contributed by atoms with Gasteiger partial charge in [0.25, 0.3) is 0 Å². The average Bonchev–Trinajstić information content (AvgIpc) is 2.95. The van der Waals surface area contributed by atoms with Gasteiger partial charge in [-0.15, -0.1) is 13.2 Å². The first kappa shape index (κ1) is 19.9. The van der Waals surface area contributed by atoms with E-state index in [1.807, 2.05) is 13.0 Å². The molecule has 4 nitrogen and oxygen atoms in total. The Bertz CT molecular complexity index is 980. The van der Waals surface area contributed by atoms with Crippen molar-refractivity contribution in [2.45, 2.75) is 19.8 Å². The number of alkyl halides is 3. The molecule has 0 spiro atoms. The van der Waals surface area contributed by atoms with Crippen molar-refractivity contribution in [3.8, 4) is 5.75 Å². The molecule has 0 saturated carbocycles. The Morgan fingerprint density at radius 2 is 1.89 bits per heavy atom. The van der Waals surface area contributed by atoms with Crippen LogP contribution in [-0.2, 0) is 6.54 Å². The van der Waals surface area contributed by atoms with Crippen molar-refractivity contribution in [2.24, 2.45) is 0 Å². The molecule has 146 valence electrons. The second-order valence-electron chi connectivity index (χ2n) is 5.92. The van der Waals surface area contributed by atoms with Crippen molar-refractivity contribution >= 4 is 23.5 Å². The minimum atomic E-state index is -4.79. The first-order valence-electron chi connectivity index (χ1n) is 8.08. The zero-order valence-corrected chi connectivity index (χ0v) is 15.3. The molecule has 0 aliphatic heterocycles. The van der Waals surface area contributed by atoms with Gasteiger partial charge in [0, 0.05) is 23.5 Å². The minimum absolute atomic E-state index is 0.114. The van der Waals surface area contributed by atoms with E-state index in [1.54, 1.807) is 23.0 Å². The molecular weight excluding hydrogens is 398 g/mol. The molecule has 0 N–H and O–H groups in total. The van der Waals surface area contributed by atoms with Crippen molar-refractivity contribution in [3.63, 3.8) is 0 Å². The lowest BCUT2D eigenvalue weighted by Crippen LogP contribution is -2.16. The van der Waals surface area contributed by atoms with Gasteiger partial charge >= 0.3 is 6.36 Å². The second-order valence-corrected chi connectivity index (χ2v) is 6.31. The molecule has 0 fully saturated rings. The van der Waals surface area contributed by atoms with Gasteiger partial charge in [0.1, 0.15) is 16.7 Å². The first-order chi connectivity index (χ1) is 13.2. The van der Waals surface area contributed by atoms with Crippen molar-refractivity contribution in [1.29, 1.82) is 0 Å². The van der Waals surface area contributed by atoms with E-state index >= 15 is 0 Å². The summed E-state index contributed by atoms with van der Waals surface area (Å²) in [7, 11) is 0. The highest BCUT2D eigenvalue weighted by atomic mass is 35.5. The third-order valence-electron chi connectivity index (χ3n) is 3.76. The Kier molecular flexibility index (Phi) is 5.69. The lowest BCUT2D eigenvalue weighted by Gasteiger charge is -2.08. The lowest BCUT2D eigenvalue weighted by atomic mass is 10.1. The van der Waals surface area contributed by atoms with Gasteiger partial charge in [-0.25, -0.2) is 9.37 Å². The van der Waals surface area contributed by atoms with Gasteiger partial charge in [-0.05, 0) is 48.9 Å². The van der Waals surface area contributed by atoms with Crippen molar-refractivity contribution in [2.75, 3.05) is 0 Å². The predicted octanol–water partition coefficient (Wildman–Crippen LogP) is 5.65. The third kappa shape index (κ3) is 5.32. The van der Waals surface area contributed by atoms with E-state index in [0.29, 0.717) is 17.4 Å². The van der Waals surface area contributed by atoms with Crippen molar-refractivity contribution < 1.29 is 22.3 Å². The standard InChI is InChI=1S/C19H14ClF4N3O/c1-12-8-15(26-27(12)11-13-2-7-18(20)25-10-13)9-17(21)14-3-5-16(6-4-14)28-19(22,23)24/h2-10H,11H2,1H3. The number of pyridine rings is 1. The van der Waals surface area contributed by atoms with E-state index in [1.165, 1.54) is 18.2 Å². The molecule has 1 aromatic carbocycles. The van der Waals surface area contributed by atoms with Crippen LogP contribution in [0.5, 0.6) is 5.75 Å². The van der Waals surface area contributed by atoms with Gasteiger partial charge in [-0.1, -0.05) is 17.7 Å². The van der Waals surface area contributed by atoms with Crippen LogP contribution in [0.2, 0.25) is 5.15 Å². The summed E-state index contributed by atoms with van der Waals surface area (Å²) in [5.41, 5.74) is 2.19. The quantitative estimate of drug-likeness (QED) is 0.402. The van der Waals surface area contributed by atoms with E-state index in [4.69, 9.17) is 11.6 Å². The molecule has 2 aromatic heterocycles. The molecule has 2 heterocycles. The van der Waals surface area contributed by atoms with Gasteiger partial charge in [-0.2, -0.15) is 5.10 Å². The Morgan fingerprint density at radius 3 is 2.50 bits per heavy atom. The number of halogens is 5. The molecule has 9 heteroatoms. The molecule has 0 amide bonds. The maximum atomic E-state index is 14.4. The normalized spacial score (nSPS) is 12.3. The summed E-state index contributed by atoms with van der Waals surface area (Å²) >= 11 is 5.76. The molecule has 28 heavy (non-hydrogen) atoms. The van der Waals surface area contributed by atoms with E-state index in [-0.39, 0.29) is 5.56 Å². The van der Waals surface area contributed by atoms with Gasteiger partial charge in [0.15, 0.2) is 0 Å². The molecule has 0 bridgehead atoms. The smallest absolute Gasteiger partial charge is 0.406 e. The Labute approximate surface area is 163 Å². The number of aryl methyl sites for hydroxylation is 1. The van der Waals surface area contributed by atoms with Gasteiger partial charge in [0.2, 0.25) is 0 Å². The van der Waals surface area contributed by atoms with Crippen LogP contribution in [0.3, 0.4) is 0 Å². The highest BCUT2D eigenvalue weighted by Gasteiger charge is 2.31. The summed E-state index contributed by atoms with van der Waals surface area (Å²) in [5, 5.41) is 4.71. The largest absolute Gasteiger partial charge is 0.573 e. The first-order valence-corrected chi connectivity index (χ1v) is 8.46. The van der Waals surface area contributed by atoms with Crippen LogP contribution in [0.15, 0.2) is 48.7 Å². The number of benzene rings is 1. The molecule has 3 rings (SSSR count). The van der Waals surface area contributed by atoms with Gasteiger partial charge < -0.3 is 4.74 Å². The van der Waals surface area contributed by atoms with Gasteiger partial charge in [-0.3, -0.25) is 4.68 Å². The summed E-state index contributed by atoms with van der Waals surface area (Å²) in [6.07, 6.45) is -1.95. The topological polar surface area (TPSA) is 39.9 Å². The van der Waals surface area contributed by atoms with Crippen LogP contribution in [0.4, 0.5) is 17.6 Å². The number of nitrogens with zero attached hydrogens (tertiary/aromatic N) is 3. The summed E-state index contributed by atoms with van der Waals surface area (Å²) in [6.45, 7) is 2.27. The Morgan fingerprint density at radius 1 is 1.18 bits per heavy atom. The van der Waals surface area contributed by atoms with E-state index in [2.05, 4.69) is 14.8 Å². The fourth-order valence-corrected chi connectivity index (χ4v) is 2.58. The predicted molar refractivity (Wildman–Crippen MR) is 97.4 cm³/mol. The van der Waals surface area contributed by atoms with Crippen LogP contribution < -0.4 is 4.74 Å². The average molecular weight is 412 g/mol. The highest BCUT2D eigenvalue weighted by Crippen LogP contribution is 2.26. The monoisotopic (exact) mass is 411 g/mol. The maximum absolute atomic E-state index is 14.4. The SMILES string of the molecule is Cc1cc(C=C(F)c2ccc(OC(F)(F)F)cc2)nn1Cc1ccc(Cl)nc1. The summed E-state index contributed by atoms with van der Waals surface area (Å²) < 4.78 is 56.4. The molecule has 0 aliphatic rings. The number of aromatic nitrogens is 3. The number of hydrogen-bond donors (Lipinski definition) is 0. The number of rotatable bonds is 5. The van der Waals surface area contributed by atoms with Crippen molar-refractivity contribution in [1.82, 2.24) is 14.8 Å². The van der Waals surface area contributed by atoms with Crippen LogP contribution >= 0.6 is 11.6 Å². The summed E-state index contributed by atoms with van der Waals surface area (Å²) in [4.78, 5) is 4.00. The highest BCUT2D eigenvalue weighted by molar-refractivity contribution is 6.29. The van der Waals surface area contributed by atoms with Crippen LogP contribution in [0.1, 0.15) is 22.5 Å². The zero-order chi connectivity index (χ0) is 20.3. The van der Waals surface area contributed by atoms with E-state index in [0.717, 1.165) is 23.4 Å². The van der Waals surface area contributed by atoms with E-state index < -0.39 is 17.9 Å². The molecule has 0 aliphatic carbocycles. The molecule has 0 unspecified atom stereocenters. The van der Waals surface area contributed by atoms with Crippen LogP contribution in [-0.4, -0.2) is 21.1 Å². The Balaban J connectivity index is 1.75. The Hall–Kier alpha value is -2.87. The molecular formula is C19H14ClF4N3O. The summed E-state index contributed by atoms with van der Waals surface area (Å²) in [5.74, 6) is -1.04. The zero-order valence-electron chi connectivity index (χ0n) is 14.5. The summed E-state index contributed by atoms with van der Waals surface area (Å²) in [6, 6.07) is 9.69. The molecule has 0 atom stereocenters. The maximum Gasteiger partial charge on any atom is 0.573 e. The molecule has 0 radical (unpaired) electrons. The third-order valence-corrected chi connectivity index (χ3v) is 3.98. The molecule has 0 saturated heterocycles. The van der Waals surface area contributed by atoms with Gasteiger partial charge in [0.05, 0.1) is 12.2 Å².